The molecule has 1 aromatic heterocycles. The lowest BCUT2D eigenvalue weighted by Gasteiger charge is -2.29. The molecule has 27 heavy (non-hydrogen) atoms. The van der Waals surface area contributed by atoms with Gasteiger partial charge < -0.3 is 9.64 Å². The molecule has 0 aliphatic carbocycles. The van der Waals surface area contributed by atoms with E-state index in [0.717, 1.165) is 45.3 Å². The Hall–Kier alpha value is -3.59. The highest BCUT2D eigenvalue weighted by Gasteiger charge is 2.21. The highest BCUT2D eigenvalue weighted by atomic mass is 16.5. The quantitative estimate of drug-likeness (QED) is 0.425. The molecule has 0 saturated carbocycles. The van der Waals surface area contributed by atoms with Crippen LogP contribution >= 0.6 is 0 Å². The summed E-state index contributed by atoms with van der Waals surface area (Å²) < 4.78 is 6.15. The Morgan fingerprint density at radius 3 is 2.19 bits per heavy atom. The number of pyridine rings is 1. The number of nitrogens with zero attached hydrogens (tertiary/aromatic N) is 2. The van der Waals surface area contributed by atoms with Crippen LogP contribution in [0.3, 0.4) is 0 Å². The van der Waals surface area contributed by atoms with Gasteiger partial charge in [0.15, 0.2) is 11.5 Å². The average Bonchev–Trinajstić information content (AvgIpc) is 2.74. The molecule has 2 heterocycles. The number of aromatic nitrogens is 1. The Morgan fingerprint density at radius 2 is 1.37 bits per heavy atom. The van der Waals surface area contributed by atoms with Gasteiger partial charge in [0, 0.05) is 18.8 Å². The normalized spacial score (nSPS) is 12.1. The van der Waals surface area contributed by atoms with Crippen LogP contribution in [-0.2, 0) is 0 Å². The molecule has 5 rings (SSSR count). The van der Waals surface area contributed by atoms with E-state index >= 15 is 0 Å². The number of anilines is 2. The van der Waals surface area contributed by atoms with E-state index in [1.807, 2.05) is 42.6 Å². The molecule has 3 aromatic carbocycles. The molecule has 0 radical (unpaired) electrons. The summed E-state index contributed by atoms with van der Waals surface area (Å²) in [5.41, 5.74) is 6.54. The van der Waals surface area contributed by atoms with Gasteiger partial charge >= 0.3 is 0 Å². The van der Waals surface area contributed by atoms with Crippen LogP contribution in [0.25, 0.3) is 22.4 Å². The second kappa shape index (κ2) is 6.29. The van der Waals surface area contributed by atoms with E-state index in [-0.39, 0.29) is 0 Å². The van der Waals surface area contributed by atoms with Gasteiger partial charge in [-0.2, -0.15) is 0 Å². The Balaban J connectivity index is 1.49. The smallest absolute Gasteiger partial charge is 0.151 e. The Kier molecular flexibility index (Phi) is 3.65. The summed E-state index contributed by atoms with van der Waals surface area (Å²) in [6.07, 6.45) is 1.82. The third kappa shape index (κ3) is 2.74. The Morgan fingerprint density at radius 1 is 0.667 bits per heavy atom. The van der Waals surface area contributed by atoms with Crippen molar-refractivity contribution in [3.8, 4) is 33.9 Å². The first kappa shape index (κ1) is 15.6. The summed E-state index contributed by atoms with van der Waals surface area (Å²) in [6, 6.07) is 28.9. The number of para-hydroxylation sites is 2. The van der Waals surface area contributed by atoms with Crippen LogP contribution in [0.1, 0.15) is 0 Å². The van der Waals surface area contributed by atoms with Gasteiger partial charge in [0.25, 0.3) is 0 Å². The van der Waals surface area contributed by atoms with Crippen LogP contribution in [0.4, 0.5) is 11.4 Å². The van der Waals surface area contributed by atoms with Crippen molar-refractivity contribution in [2.24, 2.45) is 0 Å². The number of hydrogen-bond acceptors (Lipinski definition) is 3. The lowest BCUT2D eigenvalue weighted by atomic mass is 10.0. The molecular weight excluding hydrogens is 332 g/mol. The van der Waals surface area contributed by atoms with Crippen molar-refractivity contribution < 1.29 is 4.74 Å². The summed E-state index contributed by atoms with van der Waals surface area (Å²) in [5.74, 6) is 1.76. The van der Waals surface area contributed by atoms with Gasteiger partial charge in [-0.15, -0.1) is 0 Å². The minimum Gasteiger partial charge on any atom is -0.453 e. The fourth-order valence-corrected chi connectivity index (χ4v) is 3.49. The number of rotatable bonds is 2. The highest BCUT2D eigenvalue weighted by molar-refractivity contribution is 5.81. The first-order valence-electron chi connectivity index (χ1n) is 8.96. The van der Waals surface area contributed by atoms with Gasteiger partial charge in [-0.3, -0.25) is 4.98 Å². The standard InChI is InChI=1S/C24H18N2O/c1-26-21-7-2-3-8-23(21)27-24-16-19(13-14-22(24)26)17-9-11-18(12-10-17)20-6-4-5-15-25-20/h2-16H,1H3. The molecule has 3 heteroatoms. The zero-order chi connectivity index (χ0) is 18.2. The van der Waals surface area contributed by atoms with E-state index in [1.54, 1.807) is 0 Å². The van der Waals surface area contributed by atoms with Gasteiger partial charge in [0.1, 0.15) is 0 Å². The zero-order valence-corrected chi connectivity index (χ0v) is 15.0. The van der Waals surface area contributed by atoms with Crippen molar-refractivity contribution in [2.75, 3.05) is 11.9 Å². The monoisotopic (exact) mass is 350 g/mol. The fraction of sp³-hybridized carbons (Fsp3) is 0.0417. The molecule has 0 fully saturated rings. The lowest BCUT2D eigenvalue weighted by Crippen LogP contribution is -2.15. The Labute approximate surface area is 158 Å². The topological polar surface area (TPSA) is 25.4 Å². The van der Waals surface area contributed by atoms with Crippen LogP contribution in [0, 0.1) is 0 Å². The maximum atomic E-state index is 6.15. The molecule has 0 spiro atoms. The molecule has 0 bridgehead atoms. The third-order valence-corrected chi connectivity index (χ3v) is 4.95. The number of hydrogen-bond donors (Lipinski definition) is 0. The summed E-state index contributed by atoms with van der Waals surface area (Å²) in [5, 5.41) is 0. The number of ether oxygens (including phenoxy) is 1. The molecule has 0 unspecified atom stereocenters. The van der Waals surface area contributed by atoms with Crippen LogP contribution in [0.15, 0.2) is 91.1 Å². The molecule has 130 valence electrons. The molecule has 0 amide bonds. The molecule has 1 aliphatic rings. The molecule has 3 nitrogen and oxygen atoms in total. The molecule has 0 N–H and O–H groups in total. The minimum atomic E-state index is 0.877. The van der Waals surface area contributed by atoms with Gasteiger partial charge in [0.05, 0.1) is 17.1 Å². The van der Waals surface area contributed by atoms with Gasteiger partial charge in [-0.25, -0.2) is 0 Å². The predicted octanol–water partition coefficient (Wildman–Crippen LogP) is 6.29. The SMILES string of the molecule is CN1c2ccccc2Oc2cc(-c3ccc(-c4ccccn4)cc3)ccc21. The zero-order valence-electron chi connectivity index (χ0n) is 15.0. The first-order valence-corrected chi connectivity index (χ1v) is 8.96. The predicted molar refractivity (Wildman–Crippen MR) is 110 cm³/mol. The largest absolute Gasteiger partial charge is 0.453 e. The van der Waals surface area contributed by atoms with Gasteiger partial charge in [0.2, 0.25) is 0 Å². The van der Waals surface area contributed by atoms with Crippen LogP contribution in [0.2, 0.25) is 0 Å². The highest BCUT2D eigenvalue weighted by Crippen LogP contribution is 2.46. The van der Waals surface area contributed by atoms with Crippen LogP contribution in [0.5, 0.6) is 11.5 Å². The summed E-state index contributed by atoms with van der Waals surface area (Å²) in [7, 11) is 2.07. The van der Waals surface area contributed by atoms with Crippen molar-refractivity contribution in [1.29, 1.82) is 0 Å². The fourth-order valence-electron chi connectivity index (χ4n) is 3.49. The molecule has 1 aliphatic heterocycles. The van der Waals surface area contributed by atoms with E-state index in [0.29, 0.717) is 0 Å². The van der Waals surface area contributed by atoms with E-state index in [1.165, 1.54) is 0 Å². The maximum absolute atomic E-state index is 6.15. The maximum Gasteiger partial charge on any atom is 0.151 e. The van der Waals surface area contributed by atoms with Gasteiger partial charge in [-0.1, -0.05) is 48.5 Å². The van der Waals surface area contributed by atoms with Crippen LogP contribution < -0.4 is 9.64 Å². The second-order valence-corrected chi connectivity index (χ2v) is 6.60. The second-order valence-electron chi connectivity index (χ2n) is 6.60. The van der Waals surface area contributed by atoms with Crippen molar-refractivity contribution in [1.82, 2.24) is 4.98 Å². The Bertz CT molecular complexity index is 1100. The van der Waals surface area contributed by atoms with E-state index in [9.17, 15) is 0 Å². The molecule has 0 saturated heterocycles. The average molecular weight is 350 g/mol. The molecular formula is C24H18N2O. The third-order valence-electron chi connectivity index (χ3n) is 4.95. The summed E-state index contributed by atoms with van der Waals surface area (Å²) >= 11 is 0. The molecule has 4 aromatic rings. The minimum absolute atomic E-state index is 0.877. The van der Waals surface area contributed by atoms with E-state index in [2.05, 4.69) is 65.5 Å². The van der Waals surface area contributed by atoms with Crippen molar-refractivity contribution in [2.45, 2.75) is 0 Å². The van der Waals surface area contributed by atoms with Gasteiger partial charge in [-0.05, 0) is 47.5 Å². The molecule has 0 atom stereocenters. The number of benzene rings is 3. The van der Waals surface area contributed by atoms with Crippen molar-refractivity contribution >= 4 is 11.4 Å². The lowest BCUT2D eigenvalue weighted by molar-refractivity contribution is 0.476. The summed E-state index contributed by atoms with van der Waals surface area (Å²) in [4.78, 5) is 6.58. The first-order chi connectivity index (χ1) is 13.3. The van der Waals surface area contributed by atoms with Crippen LogP contribution in [-0.4, -0.2) is 12.0 Å². The summed E-state index contributed by atoms with van der Waals surface area (Å²) in [6.45, 7) is 0. The van der Waals surface area contributed by atoms with Crippen molar-refractivity contribution in [3.05, 3.63) is 91.1 Å². The van der Waals surface area contributed by atoms with E-state index < -0.39 is 0 Å². The van der Waals surface area contributed by atoms with Crippen molar-refractivity contribution in [3.63, 3.8) is 0 Å². The van der Waals surface area contributed by atoms with E-state index in [4.69, 9.17) is 4.74 Å². The number of fused-ring (bicyclic) bond motifs is 2.